The first-order valence-corrected chi connectivity index (χ1v) is 10.6. The highest BCUT2D eigenvalue weighted by atomic mass is 32.2. The molecular formula is C19H26O2S2. The van der Waals surface area contributed by atoms with Gasteiger partial charge in [0.15, 0.2) is 0 Å². The number of fused-ring (bicyclic) bond motifs is 1. The molecule has 2 aromatic heterocycles. The van der Waals surface area contributed by atoms with E-state index in [0.717, 1.165) is 30.1 Å². The number of esters is 1. The fourth-order valence-electron chi connectivity index (χ4n) is 3.52. The summed E-state index contributed by atoms with van der Waals surface area (Å²) >= 11 is 3.42. The number of hydrogen-bond acceptors (Lipinski definition) is 4. The van der Waals surface area contributed by atoms with E-state index in [2.05, 4.69) is 19.9 Å². The van der Waals surface area contributed by atoms with E-state index >= 15 is 0 Å². The molecule has 0 amide bonds. The molecule has 23 heavy (non-hydrogen) atoms. The van der Waals surface area contributed by atoms with Gasteiger partial charge >= 0.3 is 5.97 Å². The van der Waals surface area contributed by atoms with Crippen LogP contribution in [0.15, 0.2) is 12.1 Å². The molecule has 1 aliphatic carbocycles. The lowest BCUT2D eigenvalue weighted by atomic mass is 9.85. The Balaban J connectivity index is 1.57. The zero-order chi connectivity index (χ0) is 16.2. The van der Waals surface area contributed by atoms with E-state index in [9.17, 15) is 4.79 Å². The first-order chi connectivity index (χ1) is 11.2. The van der Waals surface area contributed by atoms with Crippen LogP contribution in [0.25, 0.3) is 9.40 Å². The van der Waals surface area contributed by atoms with Crippen LogP contribution in [-0.2, 0) is 11.2 Å². The normalized spacial score (nSPS) is 21.7. The molecule has 0 aromatic carbocycles. The van der Waals surface area contributed by atoms with Crippen molar-refractivity contribution in [1.29, 1.82) is 0 Å². The molecule has 126 valence electrons. The Hall–Kier alpha value is -0.870. The maximum Gasteiger partial charge on any atom is 0.348 e. The van der Waals surface area contributed by atoms with Crippen molar-refractivity contribution in [1.82, 2.24) is 0 Å². The fourth-order valence-corrected chi connectivity index (χ4v) is 5.99. The molecule has 0 N–H and O–H groups in total. The number of aryl methyl sites for hydroxylation is 1. The van der Waals surface area contributed by atoms with E-state index in [0.29, 0.717) is 0 Å². The lowest BCUT2D eigenvalue weighted by Gasteiger charge is -2.27. The predicted octanol–water partition coefficient (Wildman–Crippen LogP) is 6.43. The Labute approximate surface area is 146 Å². The molecule has 0 atom stereocenters. The molecule has 1 fully saturated rings. The average Bonchev–Trinajstić information content (AvgIpc) is 3.08. The van der Waals surface area contributed by atoms with Crippen LogP contribution in [0.3, 0.4) is 0 Å². The van der Waals surface area contributed by atoms with Crippen LogP contribution in [0.2, 0.25) is 0 Å². The van der Waals surface area contributed by atoms with Gasteiger partial charge < -0.3 is 4.74 Å². The Morgan fingerprint density at radius 1 is 1.13 bits per heavy atom. The number of hydrogen-bond donors (Lipinski definition) is 0. The number of ether oxygens (including phenoxy) is 1. The quantitative estimate of drug-likeness (QED) is 0.561. The Bertz CT molecular complexity index is 616. The van der Waals surface area contributed by atoms with Crippen molar-refractivity contribution in [2.45, 2.75) is 71.3 Å². The zero-order valence-electron chi connectivity index (χ0n) is 14.1. The second-order valence-corrected chi connectivity index (χ2v) is 9.10. The molecule has 0 aliphatic heterocycles. The number of carbonyl (C=O) groups excluding carboxylic acids is 1. The van der Waals surface area contributed by atoms with Crippen LogP contribution in [0.1, 0.15) is 73.3 Å². The van der Waals surface area contributed by atoms with Crippen molar-refractivity contribution in [2.75, 3.05) is 0 Å². The first kappa shape index (κ1) is 17.0. The summed E-state index contributed by atoms with van der Waals surface area (Å²) in [6.45, 7) is 4.45. The summed E-state index contributed by atoms with van der Waals surface area (Å²) in [4.78, 5) is 14.6. The third-order valence-electron chi connectivity index (χ3n) is 4.73. The maximum atomic E-state index is 12.4. The van der Waals surface area contributed by atoms with Gasteiger partial charge in [0.1, 0.15) is 11.0 Å². The summed E-state index contributed by atoms with van der Waals surface area (Å²) in [5.41, 5.74) is 0. The van der Waals surface area contributed by atoms with Gasteiger partial charge in [-0.05, 0) is 50.2 Å². The monoisotopic (exact) mass is 350 g/mol. The first-order valence-electron chi connectivity index (χ1n) is 8.92. The summed E-state index contributed by atoms with van der Waals surface area (Å²) in [7, 11) is 0. The Morgan fingerprint density at radius 3 is 2.57 bits per heavy atom. The SMILES string of the molecule is CCCc1cc2cc(C(=O)OC3CCC(CCC)CC3)sc2s1. The van der Waals surface area contributed by atoms with E-state index in [1.807, 2.05) is 17.4 Å². The van der Waals surface area contributed by atoms with Crippen molar-refractivity contribution in [3.63, 3.8) is 0 Å². The minimum Gasteiger partial charge on any atom is -0.458 e. The molecule has 0 bridgehead atoms. The van der Waals surface area contributed by atoms with Crippen molar-refractivity contribution < 1.29 is 9.53 Å². The van der Waals surface area contributed by atoms with E-state index in [1.165, 1.54) is 46.4 Å². The second-order valence-electron chi connectivity index (χ2n) is 6.65. The minimum atomic E-state index is -0.116. The van der Waals surface area contributed by atoms with Gasteiger partial charge in [0.2, 0.25) is 0 Å². The second kappa shape index (κ2) is 7.80. The standard InChI is InChI=1S/C19H26O2S2/c1-3-5-13-7-9-15(10-8-13)21-18(20)17-12-14-11-16(6-4-2)22-19(14)23-17/h11-13,15H,3-10H2,1-2H3. The van der Waals surface area contributed by atoms with Gasteiger partial charge in [-0.15, -0.1) is 22.7 Å². The molecule has 1 aliphatic rings. The maximum absolute atomic E-state index is 12.4. The highest BCUT2D eigenvalue weighted by Gasteiger charge is 2.24. The number of thiophene rings is 2. The molecule has 0 saturated heterocycles. The molecule has 0 spiro atoms. The molecule has 0 radical (unpaired) electrons. The molecule has 3 rings (SSSR count). The van der Waals surface area contributed by atoms with Crippen LogP contribution in [0.5, 0.6) is 0 Å². The van der Waals surface area contributed by atoms with Gasteiger partial charge in [0.05, 0.1) is 4.01 Å². The summed E-state index contributed by atoms with van der Waals surface area (Å²) in [5, 5.41) is 1.21. The molecule has 2 aromatic rings. The van der Waals surface area contributed by atoms with Crippen molar-refractivity contribution in [3.8, 4) is 0 Å². The molecule has 4 heteroatoms. The van der Waals surface area contributed by atoms with Gasteiger partial charge in [0, 0.05) is 10.3 Å². The van der Waals surface area contributed by atoms with Crippen LogP contribution >= 0.6 is 22.7 Å². The van der Waals surface area contributed by atoms with E-state index in [-0.39, 0.29) is 12.1 Å². The molecular weight excluding hydrogens is 324 g/mol. The van der Waals surface area contributed by atoms with Crippen LogP contribution < -0.4 is 0 Å². The Morgan fingerprint density at radius 2 is 1.91 bits per heavy atom. The lowest BCUT2D eigenvalue weighted by molar-refractivity contribution is 0.0167. The fraction of sp³-hybridized carbons (Fsp3) is 0.632. The van der Waals surface area contributed by atoms with Crippen molar-refractivity contribution >= 4 is 38.0 Å². The van der Waals surface area contributed by atoms with E-state index in [1.54, 1.807) is 11.3 Å². The summed E-state index contributed by atoms with van der Waals surface area (Å²) in [6.07, 6.45) is 9.52. The van der Waals surface area contributed by atoms with Crippen LogP contribution in [0, 0.1) is 5.92 Å². The van der Waals surface area contributed by atoms with Crippen molar-refractivity contribution in [2.24, 2.45) is 5.92 Å². The van der Waals surface area contributed by atoms with Gasteiger partial charge in [-0.3, -0.25) is 0 Å². The van der Waals surface area contributed by atoms with Gasteiger partial charge in [-0.25, -0.2) is 4.79 Å². The largest absolute Gasteiger partial charge is 0.458 e. The van der Waals surface area contributed by atoms with Crippen molar-refractivity contribution in [3.05, 3.63) is 21.9 Å². The average molecular weight is 351 g/mol. The number of rotatable bonds is 6. The van der Waals surface area contributed by atoms with E-state index < -0.39 is 0 Å². The highest BCUT2D eigenvalue weighted by Crippen LogP contribution is 2.35. The predicted molar refractivity (Wildman–Crippen MR) is 99.8 cm³/mol. The molecule has 0 unspecified atom stereocenters. The molecule has 2 nitrogen and oxygen atoms in total. The molecule has 1 saturated carbocycles. The van der Waals surface area contributed by atoms with Gasteiger partial charge in [-0.1, -0.05) is 33.1 Å². The summed E-state index contributed by atoms with van der Waals surface area (Å²) in [5.74, 6) is 0.730. The third kappa shape index (κ3) is 4.16. The lowest BCUT2D eigenvalue weighted by Crippen LogP contribution is -2.24. The van der Waals surface area contributed by atoms with Gasteiger partial charge in [0.25, 0.3) is 0 Å². The summed E-state index contributed by atoms with van der Waals surface area (Å²) < 4.78 is 7.01. The van der Waals surface area contributed by atoms with Gasteiger partial charge in [-0.2, -0.15) is 0 Å². The third-order valence-corrected chi connectivity index (χ3v) is 7.16. The zero-order valence-corrected chi connectivity index (χ0v) is 15.7. The number of carbonyl (C=O) groups is 1. The highest BCUT2D eigenvalue weighted by molar-refractivity contribution is 7.39. The van der Waals surface area contributed by atoms with Crippen LogP contribution in [-0.4, -0.2) is 12.1 Å². The summed E-state index contributed by atoms with van der Waals surface area (Å²) in [6, 6.07) is 4.24. The Kier molecular flexibility index (Phi) is 5.76. The molecule has 2 heterocycles. The van der Waals surface area contributed by atoms with Crippen LogP contribution in [0.4, 0.5) is 0 Å². The smallest absolute Gasteiger partial charge is 0.348 e. The van der Waals surface area contributed by atoms with E-state index in [4.69, 9.17) is 4.74 Å². The topological polar surface area (TPSA) is 26.3 Å². The minimum absolute atomic E-state index is 0.116.